The zero-order valence-electron chi connectivity index (χ0n) is 10.4. The SMILES string of the molecule is COC(=O)c1ccccc1COc1ccc(F)cc1. The van der Waals surface area contributed by atoms with Gasteiger partial charge in [-0.25, -0.2) is 9.18 Å². The number of halogens is 1. The van der Waals surface area contributed by atoms with Crippen molar-refractivity contribution in [3.63, 3.8) is 0 Å². The van der Waals surface area contributed by atoms with Crippen molar-refractivity contribution in [2.75, 3.05) is 7.11 Å². The van der Waals surface area contributed by atoms with E-state index in [4.69, 9.17) is 9.47 Å². The molecule has 3 nitrogen and oxygen atoms in total. The van der Waals surface area contributed by atoms with Crippen LogP contribution in [0.4, 0.5) is 4.39 Å². The summed E-state index contributed by atoms with van der Waals surface area (Å²) in [5.41, 5.74) is 1.19. The normalized spacial score (nSPS) is 10.0. The number of rotatable bonds is 4. The van der Waals surface area contributed by atoms with E-state index in [0.29, 0.717) is 11.3 Å². The Bertz CT molecular complexity index is 564. The molecule has 2 aromatic rings. The molecule has 0 aliphatic rings. The predicted octanol–water partition coefficient (Wildman–Crippen LogP) is 3.19. The standard InChI is InChI=1S/C15H13FO3/c1-18-15(17)14-5-3-2-4-11(14)10-19-13-8-6-12(16)7-9-13/h2-9H,10H2,1H3. The van der Waals surface area contributed by atoms with E-state index in [-0.39, 0.29) is 12.4 Å². The Labute approximate surface area is 110 Å². The molecule has 2 aromatic carbocycles. The first kappa shape index (κ1) is 13.1. The summed E-state index contributed by atoms with van der Waals surface area (Å²) in [6.45, 7) is 0.219. The van der Waals surface area contributed by atoms with Crippen LogP contribution in [0.3, 0.4) is 0 Å². The number of methoxy groups -OCH3 is 1. The molecule has 0 aromatic heterocycles. The number of hydrogen-bond acceptors (Lipinski definition) is 3. The zero-order chi connectivity index (χ0) is 13.7. The molecule has 0 aliphatic heterocycles. The second kappa shape index (κ2) is 6.00. The minimum Gasteiger partial charge on any atom is -0.489 e. The molecule has 0 radical (unpaired) electrons. The molecule has 0 fully saturated rings. The van der Waals surface area contributed by atoms with Crippen LogP contribution in [-0.4, -0.2) is 13.1 Å². The first-order valence-corrected chi connectivity index (χ1v) is 5.75. The van der Waals surface area contributed by atoms with E-state index in [9.17, 15) is 9.18 Å². The first-order chi connectivity index (χ1) is 9.20. The molecule has 0 saturated carbocycles. The van der Waals surface area contributed by atoms with Gasteiger partial charge in [0.2, 0.25) is 0 Å². The van der Waals surface area contributed by atoms with Gasteiger partial charge >= 0.3 is 5.97 Å². The summed E-state index contributed by atoms with van der Waals surface area (Å²) < 4.78 is 23.0. The zero-order valence-corrected chi connectivity index (χ0v) is 10.4. The Balaban J connectivity index is 2.11. The summed E-state index contributed by atoms with van der Waals surface area (Å²) in [4.78, 5) is 11.6. The minimum absolute atomic E-state index is 0.219. The molecule has 98 valence electrons. The highest BCUT2D eigenvalue weighted by atomic mass is 19.1. The quantitative estimate of drug-likeness (QED) is 0.792. The molecule has 0 bridgehead atoms. The fourth-order valence-corrected chi connectivity index (χ4v) is 1.65. The molecular weight excluding hydrogens is 247 g/mol. The molecular formula is C15H13FO3. The predicted molar refractivity (Wildman–Crippen MR) is 68.5 cm³/mol. The van der Waals surface area contributed by atoms with Crippen LogP contribution >= 0.6 is 0 Å². The molecule has 0 atom stereocenters. The highest BCUT2D eigenvalue weighted by molar-refractivity contribution is 5.90. The lowest BCUT2D eigenvalue weighted by Crippen LogP contribution is -2.07. The monoisotopic (exact) mass is 260 g/mol. The van der Waals surface area contributed by atoms with Gasteiger partial charge < -0.3 is 9.47 Å². The van der Waals surface area contributed by atoms with Gasteiger partial charge in [-0.2, -0.15) is 0 Å². The minimum atomic E-state index is -0.404. The maximum absolute atomic E-state index is 12.7. The van der Waals surface area contributed by atoms with Gasteiger partial charge in [0, 0.05) is 5.56 Å². The Kier molecular flexibility index (Phi) is 4.13. The molecule has 0 unspecified atom stereocenters. The highest BCUT2D eigenvalue weighted by Gasteiger charge is 2.11. The van der Waals surface area contributed by atoms with Crippen LogP contribution in [0, 0.1) is 5.82 Å². The van der Waals surface area contributed by atoms with Gasteiger partial charge in [0.25, 0.3) is 0 Å². The van der Waals surface area contributed by atoms with Gasteiger partial charge in [0.1, 0.15) is 18.2 Å². The third-order valence-electron chi connectivity index (χ3n) is 2.63. The Morgan fingerprint density at radius 2 is 1.79 bits per heavy atom. The lowest BCUT2D eigenvalue weighted by Gasteiger charge is -2.09. The third kappa shape index (κ3) is 3.31. The third-order valence-corrected chi connectivity index (χ3v) is 2.63. The number of hydrogen-bond donors (Lipinski definition) is 0. The van der Waals surface area contributed by atoms with Crippen molar-refractivity contribution in [2.24, 2.45) is 0 Å². The second-order valence-electron chi connectivity index (χ2n) is 3.89. The van der Waals surface area contributed by atoms with E-state index >= 15 is 0 Å². The lowest BCUT2D eigenvalue weighted by molar-refractivity contribution is 0.0597. The van der Waals surface area contributed by atoms with Crippen molar-refractivity contribution in [3.05, 3.63) is 65.5 Å². The van der Waals surface area contributed by atoms with E-state index < -0.39 is 5.97 Å². The fourth-order valence-electron chi connectivity index (χ4n) is 1.65. The van der Waals surface area contributed by atoms with Crippen molar-refractivity contribution in [3.8, 4) is 5.75 Å². The number of esters is 1. The van der Waals surface area contributed by atoms with E-state index in [2.05, 4.69) is 0 Å². The number of benzene rings is 2. The molecule has 0 amide bonds. The van der Waals surface area contributed by atoms with Crippen molar-refractivity contribution in [2.45, 2.75) is 6.61 Å². The van der Waals surface area contributed by atoms with Crippen molar-refractivity contribution in [1.29, 1.82) is 0 Å². The van der Waals surface area contributed by atoms with E-state index in [0.717, 1.165) is 5.56 Å². The first-order valence-electron chi connectivity index (χ1n) is 5.75. The van der Waals surface area contributed by atoms with Gasteiger partial charge in [-0.15, -0.1) is 0 Å². The maximum atomic E-state index is 12.7. The maximum Gasteiger partial charge on any atom is 0.338 e. The van der Waals surface area contributed by atoms with Crippen molar-refractivity contribution >= 4 is 5.97 Å². The summed E-state index contributed by atoms with van der Waals surface area (Å²) in [6.07, 6.45) is 0. The summed E-state index contributed by atoms with van der Waals surface area (Å²) >= 11 is 0. The van der Waals surface area contributed by atoms with Gasteiger partial charge in [-0.1, -0.05) is 18.2 Å². The molecule has 0 heterocycles. The Morgan fingerprint density at radius 3 is 2.47 bits per heavy atom. The largest absolute Gasteiger partial charge is 0.489 e. The van der Waals surface area contributed by atoms with E-state index in [1.807, 2.05) is 6.07 Å². The van der Waals surface area contributed by atoms with Gasteiger partial charge in [0.15, 0.2) is 0 Å². The van der Waals surface area contributed by atoms with E-state index in [1.54, 1.807) is 18.2 Å². The number of carbonyl (C=O) groups is 1. The molecule has 0 N–H and O–H groups in total. The number of carbonyl (C=O) groups excluding carboxylic acids is 1. The van der Waals surface area contributed by atoms with Crippen molar-refractivity contribution < 1.29 is 18.7 Å². The van der Waals surface area contributed by atoms with E-state index in [1.165, 1.54) is 31.4 Å². The van der Waals surface area contributed by atoms with Crippen LogP contribution in [0.1, 0.15) is 15.9 Å². The summed E-state index contributed by atoms with van der Waals surface area (Å²) in [7, 11) is 1.33. The molecule has 2 rings (SSSR count). The van der Waals surface area contributed by atoms with Gasteiger partial charge in [0.05, 0.1) is 12.7 Å². The fraction of sp³-hybridized carbons (Fsp3) is 0.133. The topological polar surface area (TPSA) is 35.5 Å². The summed E-state index contributed by atoms with van der Waals surface area (Å²) in [6, 6.07) is 12.8. The van der Waals surface area contributed by atoms with Gasteiger partial charge in [-0.05, 0) is 30.3 Å². The Hall–Kier alpha value is -2.36. The van der Waals surface area contributed by atoms with Crippen LogP contribution in [0.5, 0.6) is 5.75 Å². The van der Waals surface area contributed by atoms with Crippen LogP contribution in [0.25, 0.3) is 0 Å². The van der Waals surface area contributed by atoms with Crippen LogP contribution < -0.4 is 4.74 Å². The lowest BCUT2D eigenvalue weighted by atomic mass is 10.1. The van der Waals surface area contributed by atoms with Crippen LogP contribution in [0.2, 0.25) is 0 Å². The molecule has 4 heteroatoms. The summed E-state index contributed by atoms with van der Waals surface area (Å²) in [5, 5.41) is 0. The molecule has 19 heavy (non-hydrogen) atoms. The van der Waals surface area contributed by atoms with Crippen LogP contribution in [0.15, 0.2) is 48.5 Å². The second-order valence-corrected chi connectivity index (χ2v) is 3.89. The summed E-state index contributed by atoms with van der Waals surface area (Å²) in [5.74, 6) is -0.179. The average Bonchev–Trinajstić information content (AvgIpc) is 2.46. The smallest absolute Gasteiger partial charge is 0.338 e. The average molecular weight is 260 g/mol. The molecule has 0 saturated heterocycles. The van der Waals surface area contributed by atoms with Crippen molar-refractivity contribution in [1.82, 2.24) is 0 Å². The van der Waals surface area contributed by atoms with Crippen LogP contribution in [-0.2, 0) is 11.3 Å². The Morgan fingerprint density at radius 1 is 1.11 bits per heavy atom. The molecule has 0 aliphatic carbocycles. The highest BCUT2D eigenvalue weighted by Crippen LogP contribution is 2.16. The van der Waals surface area contributed by atoms with Gasteiger partial charge in [-0.3, -0.25) is 0 Å². The molecule has 0 spiro atoms. The number of ether oxygens (including phenoxy) is 2.